The number of aromatic amines is 2. The van der Waals surface area contributed by atoms with E-state index in [9.17, 15) is 18.0 Å². The van der Waals surface area contributed by atoms with Crippen LogP contribution in [0.2, 0.25) is 0 Å². The van der Waals surface area contributed by atoms with E-state index in [0.29, 0.717) is 11.0 Å². The van der Waals surface area contributed by atoms with Crippen molar-refractivity contribution in [2.24, 2.45) is 0 Å². The van der Waals surface area contributed by atoms with Gasteiger partial charge in [0.15, 0.2) is 0 Å². The van der Waals surface area contributed by atoms with Gasteiger partial charge >= 0.3 is 5.69 Å². The Bertz CT molecular complexity index is 1630. The minimum Gasteiger partial charge on any atom is -0.345 e. The van der Waals surface area contributed by atoms with Crippen LogP contribution in [-0.2, 0) is 16.6 Å². The van der Waals surface area contributed by atoms with E-state index in [2.05, 4.69) is 25.0 Å². The van der Waals surface area contributed by atoms with Crippen molar-refractivity contribution >= 4 is 54.2 Å². The Morgan fingerprint density at radius 1 is 0.970 bits per heavy atom. The van der Waals surface area contributed by atoms with Crippen LogP contribution in [0.15, 0.2) is 76.4 Å². The number of imidazole rings is 1. The lowest BCUT2D eigenvalue weighted by Gasteiger charge is -2.12. The van der Waals surface area contributed by atoms with Crippen molar-refractivity contribution in [2.75, 3.05) is 4.72 Å². The summed E-state index contributed by atoms with van der Waals surface area (Å²) in [4.78, 5) is 33.8. The van der Waals surface area contributed by atoms with Gasteiger partial charge in [0.25, 0.3) is 15.9 Å². The van der Waals surface area contributed by atoms with Crippen molar-refractivity contribution in [3.8, 4) is 0 Å². The van der Waals surface area contributed by atoms with Gasteiger partial charge in [-0.3, -0.25) is 9.52 Å². The molecule has 0 bridgehead atoms. The third-order valence-corrected chi connectivity index (χ3v) is 7.35. The maximum atomic E-state index is 13.0. The van der Waals surface area contributed by atoms with E-state index in [1.165, 1.54) is 35.6 Å². The molecular weight excluding hydrogens is 462 g/mol. The van der Waals surface area contributed by atoms with Crippen molar-refractivity contribution in [1.82, 2.24) is 20.3 Å². The molecule has 0 atom stereocenters. The lowest BCUT2D eigenvalue weighted by molar-refractivity contribution is 0.0952. The predicted molar refractivity (Wildman–Crippen MR) is 127 cm³/mol. The highest BCUT2D eigenvalue weighted by Crippen LogP contribution is 2.23. The highest BCUT2D eigenvalue weighted by Gasteiger charge is 2.19. The Kier molecular flexibility index (Phi) is 5.19. The van der Waals surface area contributed by atoms with Crippen molar-refractivity contribution < 1.29 is 13.2 Å². The minimum atomic E-state index is -4.01. The van der Waals surface area contributed by atoms with Gasteiger partial charge in [0.05, 0.1) is 43.9 Å². The number of sulfonamides is 1. The fourth-order valence-electron chi connectivity index (χ4n) is 3.40. The minimum absolute atomic E-state index is 0.0464. The molecule has 2 aromatic heterocycles. The summed E-state index contributed by atoms with van der Waals surface area (Å²) in [5.74, 6) is -0.432. The van der Waals surface area contributed by atoms with Crippen LogP contribution in [-0.4, -0.2) is 29.3 Å². The number of amides is 1. The number of thiazole rings is 1. The van der Waals surface area contributed by atoms with Crippen LogP contribution in [0.25, 0.3) is 21.3 Å². The van der Waals surface area contributed by atoms with Crippen LogP contribution in [0, 0.1) is 0 Å². The SMILES string of the molecule is O=C(NCc1nc2ccccc2s1)c1ccccc1NS(=O)(=O)c1ccc2[nH]c(=O)[nH]c2c1. The van der Waals surface area contributed by atoms with Crippen molar-refractivity contribution in [3.05, 3.63) is 87.8 Å². The molecule has 33 heavy (non-hydrogen) atoms. The zero-order chi connectivity index (χ0) is 23.0. The molecule has 0 aliphatic heterocycles. The number of carbonyl (C=O) groups excluding carboxylic acids is 1. The van der Waals surface area contributed by atoms with Gasteiger partial charge in [0.2, 0.25) is 0 Å². The molecule has 0 unspecified atom stereocenters. The second-order valence-corrected chi connectivity index (χ2v) is 9.99. The van der Waals surface area contributed by atoms with Crippen LogP contribution in [0.1, 0.15) is 15.4 Å². The van der Waals surface area contributed by atoms with Gasteiger partial charge in [-0.25, -0.2) is 18.2 Å². The van der Waals surface area contributed by atoms with Crippen LogP contribution >= 0.6 is 11.3 Å². The monoisotopic (exact) mass is 479 g/mol. The summed E-state index contributed by atoms with van der Waals surface area (Å²) < 4.78 is 29.4. The molecular formula is C22H17N5O4S2. The van der Waals surface area contributed by atoms with E-state index in [4.69, 9.17) is 0 Å². The first kappa shape index (κ1) is 20.9. The molecule has 1 amide bonds. The van der Waals surface area contributed by atoms with Crippen molar-refractivity contribution in [3.63, 3.8) is 0 Å². The molecule has 2 heterocycles. The van der Waals surface area contributed by atoms with Gasteiger partial charge in [-0.1, -0.05) is 24.3 Å². The Hall–Kier alpha value is -3.96. The summed E-state index contributed by atoms with van der Waals surface area (Å²) in [6, 6.07) is 18.3. The Morgan fingerprint density at radius 3 is 2.58 bits per heavy atom. The number of hydrogen-bond donors (Lipinski definition) is 4. The number of nitrogens with zero attached hydrogens (tertiary/aromatic N) is 1. The van der Waals surface area contributed by atoms with Gasteiger partial charge in [-0.2, -0.15) is 0 Å². The summed E-state index contributed by atoms with van der Waals surface area (Å²) in [6.07, 6.45) is 0. The van der Waals surface area contributed by atoms with Gasteiger partial charge in [-0.15, -0.1) is 11.3 Å². The van der Waals surface area contributed by atoms with Gasteiger partial charge in [0.1, 0.15) is 5.01 Å². The molecule has 3 aromatic carbocycles. The molecule has 5 aromatic rings. The summed E-state index contributed by atoms with van der Waals surface area (Å²) in [5, 5.41) is 3.55. The number of nitrogens with one attached hydrogen (secondary N) is 4. The van der Waals surface area contributed by atoms with Crippen LogP contribution in [0.5, 0.6) is 0 Å². The normalized spacial score (nSPS) is 11.6. The molecule has 166 valence electrons. The van der Waals surface area contributed by atoms with Gasteiger partial charge < -0.3 is 15.3 Å². The summed E-state index contributed by atoms with van der Waals surface area (Å²) in [6.45, 7) is 0.219. The second-order valence-electron chi connectivity index (χ2n) is 7.20. The number of benzene rings is 3. The molecule has 5 rings (SSSR count). The molecule has 0 aliphatic rings. The molecule has 0 aliphatic carbocycles. The molecule has 11 heteroatoms. The van der Waals surface area contributed by atoms with E-state index >= 15 is 0 Å². The second kappa shape index (κ2) is 8.19. The van der Waals surface area contributed by atoms with Crippen LogP contribution in [0.4, 0.5) is 5.69 Å². The van der Waals surface area contributed by atoms with E-state index in [0.717, 1.165) is 15.2 Å². The largest absolute Gasteiger partial charge is 0.345 e. The lowest BCUT2D eigenvalue weighted by Crippen LogP contribution is -2.25. The number of para-hydroxylation sites is 2. The predicted octanol–water partition coefficient (Wildman–Crippen LogP) is 3.20. The smallest absolute Gasteiger partial charge is 0.323 e. The average molecular weight is 480 g/mol. The summed E-state index contributed by atoms with van der Waals surface area (Å²) in [5.41, 5.74) is 1.61. The highest BCUT2D eigenvalue weighted by molar-refractivity contribution is 7.92. The third kappa shape index (κ3) is 4.23. The zero-order valence-electron chi connectivity index (χ0n) is 17.0. The first-order valence-electron chi connectivity index (χ1n) is 9.86. The quantitative estimate of drug-likeness (QED) is 0.296. The van der Waals surface area contributed by atoms with Crippen molar-refractivity contribution in [2.45, 2.75) is 11.4 Å². The average Bonchev–Trinajstić information content (AvgIpc) is 3.38. The summed E-state index contributed by atoms with van der Waals surface area (Å²) >= 11 is 1.48. The van der Waals surface area contributed by atoms with Crippen LogP contribution in [0.3, 0.4) is 0 Å². The number of carbonyl (C=O) groups is 1. The van der Waals surface area contributed by atoms with E-state index in [1.807, 2.05) is 24.3 Å². The highest BCUT2D eigenvalue weighted by atomic mass is 32.2. The zero-order valence-corrected chi connectivity index (χ0v) is 18.6. The first-order valence-corrected chi connectivity index (χ1v) is 12.2. The third-order valence-electron chi connectivity index (χ3n) is 4.95. The molecule has 9 nitrogen and oxygen atoms in total. The summed E-state index contributed by atoms with van der Waals surface area (Å²) in [7, 11) is -4.01. The van der Waals surface area contributed by atoms with Crippen LogP contribution < -0.4 is 15.7 Å². The number of fused-ring (bicyclic) bond motifs is 2. The fraction of sp³-hybridized carbons (Fsp3) is 0.0455. The Labute approximate surface area is 191 Å². The number of H-pyrrole nitrogens is 2. The standard InChI is InChI=1S/C22H17N5O4S2/c28-21(23-12-20-24-17-7-3-4-8-19(17)32-20)14-5-1-2-6-15(14)27-33(30,31)13-9-10-16-18(11-13)26-22(29)25-16/h1-11,27H,12H2,(H,23,28)(H2,25,26,29). The van der Waals surface area contributed by atoms with Crippen molar-refractivity contribution in [1.29, 1.82) is 0 Å². The lowest BCUT2D eigenvalue weighted by atomic mass is 10.1. The van der Waals surface area contributed by atoms with E-state index in [-0.39, 0.29) is 22.7 Å². The number of anilines is 1. The number of hydrogen-bond acceptors (Lipinski definition) is 6. The molecule has 0 saturated heterocycles. The topological polar surface area (TPSA) is 137 Å². The number of rotatable bonds is 6. The Balaban J connectivity index is 1.37. The van der Waals surface area contributed by atoms with Gasteiger partial charge in [-0.05, 0) is 42.5 Å². The fourth-order valence-corrected chi connectivity index (χ4v) is 5.41. The maximum absolute atomic E-state index is 13.0. The van der Waals surface area contributed by atoms with E-state index < -0.39 is 21.6 Å². The molecule has 0 saturated carbocycles. The molecule has 0 fully saturated rings. The molecule has 4 N–H and O–H groups in total. The van der Waals surface area contributed by atoms with E-state index in [1.54, 1.807) is 18.2 Å². The van der Waals surface area contributed by atoms with Gasteiger partial charge in [0, 0.05) is 0 Å². The first-order chi connectivity index (χ1) is 15.9. The molecule has 0 spiro atoms. The Morgan fingerprint density at radius 2 is 1.73 bits per heavy atom. The number of aromatic nitrogens is 3. The molecule has 0 radical (unpaired) electrons. The maximum Gasteiger partial charge on any atom is 0.323 e.